The summed E-state index contributed by atoms with van der Waals surface area (Å²) in [6.07, 6.45) is -23.8. The number of hydrogen-bond acceptors (Lipinski definition) is 22. The molecule has 426 valence electrons. The second-order valence-corrected chi connectivity index (χ2v) is 26.0. The Morgan fingerprint density at radius 3 is 1.80 bits per heavy atom. The van der Waals surface area contributed by atoms with Crippen LogP contribution in [0.25, 0.3) is 0 Å². The fourth-order valence-corrected chi connectivity index (χ4v) is 17.5. The molecule has 2 bridgehead atoms. The molecule has 0 unspecified atom stereocenters. The molecule has 22 heteroatoms. The topological polar surface area (TPSA) is 346 Å². The summed E-state index contributed by atoms with van der Waals surface area (Å²) in [5.41, 5.74) is -2.03. The molecule has 5 saturated carbocycles. The monoisotopic (exact) mass is 1060 g/mol. The van der Waals surface area contributed by atoms with E-state index < -0.39 is 148 Å². The van der Waals surface area contributed by atoms with E-state index in [0.29, 0.717) is 19.4 Å². The van der Waals surface area contributed by atoms with Crippen LogP contribution >= 0.6 is 0 Å². The van der Waals surface area contributed by atoms with Crippen LogP contribution in [0.4, 0.5) is 0 Å². The van der Waals surface area contributed by atoms with Crippen molar-refractivity contribution in [1.82, 2.24) is 0 Å². The zero-order valence-electron chi connectivity index (χ0n) is 43.6. The molecular weight excluding hydrogens is 977 g/mol. The van der Waals surface area contributed by atoms with Crippen molar-refractivity contribution in [3.05, 3.63) is 0 Å². The summed E-state index contributed by atoms with van der Waals surface area (Å²) in [6, 6.07) is 0. The molecule has 0 aromatic rings. The van der Waals surface area contributed by atoms with E-state index in [1.807, 2.05) is 6.92 Å². The van der Waals surface area contributed by atoms with Gasteiger partial charge >= 0.3 is 0 Å². The van der Waals surface area contributed by atoms with Gasteiger partial charge in [0.05, 0.1) is 57.5 Å². The smallest absolute Gasteiger partial charge is 0.187 e. The molecule has 22 nitrogen and oxygen atoms in total. The molecule has 13 N–H and O–H groups in total. The number of aliphatic hydroxyl groups excluding tert-OH is 13. The molecule has 0 aromatic heterocycles. The molecular formula is C52H86O22. The van der Waals surface area contributed by atoms with Crippen LogP contribution in [0.1, 0.15) is 106 Å². The van der Waals surface area contributed by atoms with Crippen molar-refractivity contribution in [2.24, 2.45) is 50.2 Å². The first kappa shape index (κ1) is 56.4. The molecule has 0 amide bonds. The van der Waals surface area contributed by atoms with E-state index in [2.05, 4.69) is 34.6 Å². The average molecular weight is 1060 g/mol. The minimum atomic E-state index is -2.04. The Morgan fingerprint density at radius 2 is 1.11 bits per heavy atom. The highest BCUT2D eigenvalue weighted by Gasteiger charge is 2.80. The van der Waals surface area contributed by atoms with E-state index in [0.717, 1.165) is 51.4 Å². The Labute approximate surface area is 432 Å². The molecule has 74 heavy (non-hydrogen) atoms. The summed E-state index contributed by atoms with van der Waals surface area (Å²) in [7, 11) is 0. The minimum Gasteiger partial charge on any atom is -0.396 e. The fraction of sp³-hybridized carbons (Fsp3) is 1.00. The molecule has 5 aliphatic carbocycles. The molecule has 29 atom stereocenters. The second kappa shape index (κ2) is 20.0. The van der Waals surface area contributed by atoms with E-state index in [1.54, 1.807) is 0 Å². The maximum atomic E-state index is 12.3. The summed E-state index contributed by atoms with van der Waals surface area (Å²) in [5, 5.41) is 143. The summed E-state index contributed by atoms with van der Waals surface area (Å²) >= 11 is 0. The number of aliphatic hydroxyl groups is 13. The second-order valence-electron chi connectivity index (χ2n) is 26.0. The van der Waals surface area contributed by atoms with Gasteiger partial charge in [-0.15, -0.1) is 0 Å². The van der Waals surface area contributed by atoms with Gasteiger partial charge in [0.15, 0.2) is 25.2 Å². The van der Waals surface area contributed by atoms with Gasteiger partial charge in [0.2, 0.25) is 0 Å². The van der Waals surface area contributed by atoms with E-state index in [1.165, 1.54) is 0 Å². The van der Waals surface area contributed by atoms with Crippen molar-refractivity contribution < 1.29 is 109 Å². The van der Waals surface area contributed by atoms with Gasteiger partial charge < -0.3 is 109 Å². The summed E-state index contributed by atoms with van der Waals surface area (Å²) < 4.78 is 55.7. The minimum absolute atomic E-state index is 0.0410. The van der Waals surface area contributed by atoms with Gasteiger partial charge in [0.1, 0.15) is 85.5 Å². The van der Waals surface area contributed by atoms with Crippen LogP contribution in [0.15, 0.2) is 0 Å². The Kier molecular flexibility index (Phi) is 15.2. The third-order valence-corrected chi connectivity index (χ3v) is 22.0. The van der Waals surface area contributed by atoms with E-state index in [-0.39, 0.29) is 63.6 Å². The third kappa shape index (κ3) is 8.39. The van der Waals surface area contributed by atoms with Crippen LogP contribution in [-0.2, 0) is 42.6 Å². The third-order valence-electron chi connectivity index (χ3n) is 22.0. The Hall–Kier alpha value is -0.880. The molecule has 5 saturated heterocycles. The van der Waals surface area contributed by atoms with Crippen molar-refractivity contribution >= 4 is 0 Å². The SMILES string of the molecule is CC1(C)CC[C@]23CO[C@@]4(CC[C@@H]5[C@@]6(C)CC[C@H](O[C@@H]7OC[C@@H](O)[C@H](O)[C@H]7O[C@@H]7O[C@H](CO)[C@@H](O[C@@H]8OC[C@@H](O)[C@@H](O)[C@@H]8O)[C@H](O[C@@H]8O[C@H](CO)[C@@H](O)[C@H](O)[C@H]8O)[C@H]7O)[C@@](C)(CO)[C@@H]6CC[C@@]5(C)[C@]4(C)C[C@H]2O)[C@@H]3C1. The van der Waals surface area contributed by atoms with E-state index >= 15 is 0 Å². The van der Waals surface area contributed by atoms with Crippen molar-refractivity contribution in [2.45, 2.75) is 234 Å². The predicted molar refractivity (Wildman–Crippen MR) is 252 cm³/mol. The predicted octanol–water partition coefficient (Wildman–Crippen LogP) is -2.10. The number of fused-ring (bicyclic) bond motifs is 4. The zero-order chi connectivity index (χ0) is 53.5. The van der Waals surface area contributed by atoms with Gasteiger partial charge in [-0.2, -0.15) is 0 Å². The van der Waals surface area contributed by atoms with Crippen LogP contribution in [0.2, 0.25) is 0 Å². The lowest BCUT2D eigenvalue weighted by Gasteiger charge is -2.75. The number of rotatable bonds is 11. The zero-order valence-corrected chi connectivity index (χ0v) is 43.6. The van der Waals surface area contributed by atoms with E-state index in [4.69, 9.17) is 42.6 Å². The molecule has 10 fully saturated rings. The molecule has 10 rings (SSSR count). The first-order valence-electron chi connectivity index (χ1n) is 27.2. The highest BCUT2D eigenvalue weighted by atomic mass is 16.8. The normalized spacial score (nSPS) is 58.2. The quantitative estimate of drug-likeness (QED) is 0.0986. The average Bonchev–Trinajstić information content (AvgIpc) is 3.65. The van der Waals surface area contributed by atoms with Crippen LogP contribution in [0, 0.1) is 50.2 Å². The van der Waals surface area contributed by atoms with Crippen molar-refractivity contribution in [3.8, 4) is 0 Å². The van der Waals surface area contributed by atoms with Gasteiger partial charge in [0.25, 0.3) is 0 Å². The first-order valence-corrected chi connectivity index (χ1v) is 27.2. The molecule has 5 aliphatic heterocycles. The molecule has 0 radical (unpaired) electrons. The lowest BCUT2D eigenvalue weighted by Crippen LogP contribution is -2.74. The van der Waals surface area contributed by atoms with Crippen molar-refractivity contribution in [3.63, 3.8) is 0 Å². The van der Waals surface area contributed by atoms with Crippen molar-refractivity contribution in [2.75, 3.05) is 39.6 Å². The van der Waals surface area contributed by atoms with Gasteiger partial charge in [-0.1, -0.05) is 41.5 Å². The van der Waals surface area contributed by atoms with Gasteiger partial charge in [0, 0.05) is 16.2 Å². The highest BCUT2D eigenvalue weighted by molar-refractivity contribution is 5.28. The Bertz CT molecular complexity index is 1990. The van der Waals surface area contributed by atoms with Crippen LogP contribution in [0.3, 0.4) is 0 Å². The van der Waals surface area contributed by atoms with Crippen LogP contribution in [0.5, 0.6) is 0 Å². The highest BCUT2D eigenvalue weighted by Crippen LogP contribution is 2.80. The number of ether oxygens (including phenoxy) is 9. The lowest BCUT2D eigenvalue weighted by atomic mass is 9.30. The molecule has 5 heterocycles. The van der Waals surface area contributed by atoms with Gasteiger partial charge in [-0.25, -0.2) is 0 Å². The largest absolute Gasteiger partial charge is 0.396 e. The molecule has 1 spiro atoms. The molecule has 0 aromatic carbocycles. The number of hydrogen-bond donors (Lipinski definition) is 13. The molecule has 10 aliphatic rings. The maximum Gasteiger partial charge on any atom is 0.187 e. The Balaban J connectivity index is 0.898. The first-order chi connectivity index (χ1) is 34.8. The Morgan fingerprint density at radius 1 is 0.500 bits per heavy atom. The summed E-state index contributed by atoms with van der Waals surface area (Å²) in [4.78, 5) is 0. The van der Waals surface area contributed by atoms with E-state index in [9.17, 15) is 66.4 Å². The fourth-order valence-electron chi connectivity index (χ4n) is 17.5. The standard InChI is InChI=1S/C52H86O22/c1-46(2)13-14-51-22-68-52(29(51)15-46)12-8-28-47(3)10-9-31(48(4,21-55)27(47)7-11-49(28,5)50(52,6)16-30(51)58)71-45-41(33(60)24(57)20-67-45)74-44-38(65)40(73-43-37(64)35(62)34(61)25(17-53)69-43)39(26(18-54)70-44)72-42-36(63)32(59)23(56)19-66-42/h23-45,53-65H,7-22H2,1-6H3/t23-,24-,25-,26-,27-,28-,29-,30-,31+,32-,33+,34-,35+,36+,37-,38-,39-,40-,41-,42+,43+,44+,45+,47+,48+,49-,50+,51-,52+/m1/s1. The van der Waals surface area contributed by atoms with Gasteiger partial charge in [-0.05, 0) is 98.2 Å². The summed E-state index contributed by atoms with van der Waals surface area (Å²) in [6.45, 7) is 11.7. The van der Waals surface area contributed by atoms with Crippen molar-refractivity contribution in [1.29, 1.82) is 0 Å². The van der Waals surface area contributed by atoms with Crippen LogP contribution < -0.4 is 0 Å². The van der Waals surface area contributed by atoms with Gasteiger partial charge in [-0.3, -0.25) is 0 Å². The maximum absolute atomic E-state index is 12.3. The summed E-state index contributed by atoms with van der Waals surface area (Å²) in [5.74, 6) is 0.458. The van der Waals surface area contributed by atoms with Crippen LogP contribution in [-0.4, -0.2) is 234 Å². The lowest BCUT2D eigenvalue weighted by molar-refractivity contribution is -0.400.